The van der Waals surface area contributed by atoms with E-state index in [9.17, 15) is 8.77 Å². The van der Waals surface area contributed by atoms with Crippen molar-refractivity contribution in [1.82, 2.24) is 0 Å². The molecule has 4 nitrogen and oxygen atoms in total. The average molecular weight is 290 g/mol. The van der Waals surface area contributed by atoms with Crippen molar-refractivity contribution >= 4 is 18.4 Å². The van der Waals surface area contributed by atoms with Gasteiger partial charge in [0.05, 0.1) is 24.0 Å². The summed E-state index contributed by atoms with van der Waals surface area (Å²) in [7, 11) is -4.64. The largest absolute Gasteiger partial charge is 0.343 e. The molecule has 0 aromatic heterocycles. The molecule has 0 radical (unpaired) electrons. The van der Waals surface area contributed by atoms with Gasteiger partial charge in [0.1, 0.15) is 5.49 Å². The van der Waals surface area contributed by atoms with Gasteiger partial charge in [0, 0.05) is 4.90 Å². The Morgan fingerprint density at radius 2 is 1.83 bits per heavy atom. The second-order valence-electron chi connectivity index (χ2n) is 3.74. The van der Waals surface area contributed by atoms with E-state index in [1.54, 1.807) is 19.9 Å². The molecule has 1 aromatic carbocycles. The van der Waals surface area contributed by atoms with Crippen LogP contribution in [0.1, 0.15) is 19.4 Å². The van der Waals surface area contributed by atoms with E-state index in [2.05, 4.69) is 0 Å². The second kappa shape index (κ2) is 7.19. The number of hydrogen-bond acceptors (Lipinski definition) is 4. The Morgan fingerprint density at radius 3 is 2.33 bits per heavy atom. The Balaban J connectivity index is 2.82. The Labute approximate surface area is 111 Å². The van der Waals surface area contributed by atoms with Gasteiger partial charge in [-0.15, -0.1) is 0 Å². The van der Waals surface area contributed by atoms with E-state index < -0.39 is 18.4 Å². The highest BCUT2D eigenvalue weighted by Gasteiger charge is 2.27. The number of benzene rings is 1. The van der Waals surface area contributed by atoms with Crippen molar-refractivity contribution in [3.05, 3.63) is 29.8 Å². The van der Waals surface area contributed by atoms with E-state index in [4.69, 9.17) is 9.05 Å². The third-order valence-corrected chi connectivity index (χ3v) is 6.47. The molecule has 0 saturated heterocycles. The SMILES string of the molecule is CCOP(=O)(CS(=O)c1cccc(C)c1)OCC. The first-order valence-electron chi connectivity index (χ1n) is 5.84. The van der Waals surface area contributed by atoms with Crippen LogP contribution >= 0.6 is 7.60 Å². The van der Waals surface area contributed by atoms with Crippen molar-refractivity contribution in [3.8, 4) is 0 Å². The summed E-state index contributed by atoms with van der Waals surface area (Å²) in [6.07, 6.45) is 0. The summed E-state index contributed by atoms with van der Waals surface area (Å²) >= 11 is 0. The Morgan fingerprint density at radius 1 is 1.22 bits per heavy atom. The van der Waals surface area contributed by atoms with Crippen LogP contribution in [-0.2, 0) is 24.4 Å². The molecule has 0 bridgehead atoms. The molecule has 1 rings (SSSR count). The van der Waals surface area contributed by atoms with E-state index >= 15 is 0 Å². The molecule has 0 spiro atoms. The fraction of sp³-hybridized carbons (Fsp3) is 0.500. The third-order valence-electron chi connectivity index (χ3n) is 2.18. The molecule has 0 aliphatic carbocycles. The molecule has 0 fully saturated rings. The van der Waals surface area contributed by atoms with Crippen LogP contribution in [0.4, 0.5) is 0 Å². The summed E-state index contributed by atoms with van der Waals surface area (Å²) in [5.41, 5.74) is 0.918. The zero-order chi connectivity index (χ0) is 13.6. The minimum atomic E-state index is -3.26. The van der Waals surface area contributed by atoms with Gasteiger partial charge in [-0.05, 0) is 38.5 Å². The highest BCUT2D eigenvalue weighted by atomic mass is 32.2. The van der Waals surface area contributed by atoms with Gasteiger partial charge in [0.15, 0.2) is 0 Å². The molecular weight excluding hydrogens is 271 g/mol. The zero-order valence-electron chi connectivity index (χ0n) is 10.9. The maximum atomic E-state index is 12.2. The lowest BCUT2D eigenvalue weighted by molar-refractivity contribution is 0.224. The first kappa shape index (κ1) is 15.6. The molecule has 0 N–H and O–H groups in total. The molecule has 6 heteroatoms. The number of hydrogen-bond donors (Lipinski definition) is 0. The van der Waals surface area contributed by atoms with Crippen LogP contribution in [0.25, 0.3) is 0 Å². The van der Waals surface area contributed by atoms with E-state index in [1.807, 2.05) is 25.1 Å². The number of rotatable bonds is 7. The van der Waals surface area contributed by atoms with Crippen LogP contribution in [0.15, 0.2) is 29.2 Å². The molecule has 1 atom stereocenters. The predicted molar refractivity (Wildman–Crippen MR) is 73.3 cm³/mol. The van der Waals surface area contributed by atoms with Crippen LogP contribution in [-0.4, -0.2) is 22.9 Å². The predicted octanol–water partition coefficient (Wildman–Crippen LogP) is 3.33. The van der Waals surface area contributed by atoms with Crippen molar-refractivity contribution in [2.75, 3.05) is 18.7 Å². The maximum absolute atomic E-state index is 12.2. The average Bonchev–Trinajstić information content (AvgIpc) is 2.29. The molecule has 0 saturated carbocycles. The zero-order valence-corrected chi connectivity index (χ0v) is 12.6. The van der Waals surface area contributed by atoms with Crippen molar-refractivity contribution in [3.63, 3.8) is 0 Å². The van der Waals surface area contributed by atoms with Crippen molar-refractivity contribution in [1.29, 1.82) is 0 Å². The second-order valence-corrected chi connectivity index (χ2v) is 7.67. The lowest BCUT2D eigenvalue weighted by atomic mass is 10.2. The standard InChI is InChI=1S/C12H19O4PS/c1-4-15-17(13,16-5-2)10-18(14)12-8-6-7-11(3)9-12/h6-9H,4-5,10H2,1-3H3. The van der Waals surface area contributed by atoms with Gasteiger partial charge in [-0.25, -0.2) is 0 Å². The van der Waals surface area contributed by atoms with Crippen molar-refractivity contribution < 1.29 is 17.8 Å². The van der Waals surface area contributed by atoms with Gasteiger partial charge in [-0.1, -0.05) is 12.1 Å². The fourth-order valence-corrected chi connectivity index (χ4v) is 5.23. The fourth-order valence-electron chi connectivity index (χ4n) is 1.48. The first-order valence-corrected chi connectivity index (χ1v) is 8.88. The molecule has 0 aliphatic rings. The third kappa shape index (κ3) is 4.65. The summed E-state index contributed by atoms with van der Waals surface area (Å²) in [6.45, 7) is 5.96. The summed E-state index contributed by atoms with van der Waals surface area (Å²) in [5, 5.41) is 0. The van der Waals surface area contributed by atoms with Crippen molar-refractivity contribution in [2.24, 2.45) is 0 Å². The minimum Gasteiger partial charge on any atom is -0.308 e. The van der Waals surface area contributed by atoms with E-state index in [1.165, 1.54) is 0 Å². The lowest BCUT2D eigenvalue weighted by Crippen LogP contribution is -2.05. The molecule has 18 heavy (non-hydrogen) atoms. The van der Waals surface area contributed by atoms with Crippen LogP contribution in [0.3, 0.4) is 0 Å². The Kier molecular flexibility index (Phi) is 6.22. The molecule has 0 heterocycles. The molecule has 102 valence electrons. The van der Waals surface area contributed by atoms with Crippen LogP contribution in [0.2, 0.25) is 0 Å². The Hall–Kier alpha value is -0.480. The molecular formula is C12H19O4PS. The first-order chi connectivity index (χ1) is 8.50. The molecule has 1 aromatic rings. The van der Waals surface area contributed by atoms with Crippen LogP contribution in [0.5, 0.6) is 0 Å². The summed E-state index contributed by atoms with van der Waals surface area (Å²) < 4.78 is 34.7. The van der Waals surface area contributed by atoms with Gasteiger partial charge in [0.25, 0.3) is 0 Å². The van der Waals surface area contributed by atoms with Gasteiger partial charge >= 0.3 is 7.60 Å². The van der Waals surface area contributed by atoms with Crippen LogP contribution in [0, 0.1) is 6.92 Å². The minimum absolute atomic E-state index is 0.0991. The smallest absolute Gasteiger partial charge is 0.308 e. The van der Waals surface area contributed by atoms with E-state index in [0.29, 0.717) is 4.90 Å². The normalized spacial score (nSPS) is 13.5. The van der Waals surface area contributed by atoms with Gasteiger partial charge in [0.2, 0.25) is 0 Å². The number of aryl methyl sites for hydroxylation is 1. The summed E-state index contributed by atoms with van der Waals surface area (Å²) in [4.78, 5) is 0.648. The highest BCUT2D eigenvalue weighted by Crippen LogP contribution is 2.49. The molecule has 0 amide bonds. The lowest BCUT2D eigenvalue weighted by Gasteiger charge is -2.16. The maximum Gasteiger partial charge on any atom is 0.343 e. The quantitative estimate of drug-likeness (QED) is 0.723. The summed E-state index contributed by atoms with van der Waals surface area (Å²) in [5.74, 6) is 0. The van der Waals surface area contributed by atoms with Crippen molar-refractivity contribution in [2.45, 2.75) is 25.7 Å². The van der Waals surface area contributed by atoms with Gasteiger partial charge < -0.3 is 9.05 Å². The monoisotopic (exact) mass is 290 g/mol. The van der Waals surface area contributed by atoms with Crippen LogP contribution < -0.4 is 0 Å². The highest BCUT2D eigenvalue weighted by molar-refractivity contribution is 7.92. The molecule has 1 unspecified atom stereocenters. The Bertz CT molecular complexity index is 451. The van der Waals surface area contributed by atoms with E-state index in [0.717, 1.165) is 5.56 Å². The van der Waals surface area contributed by atoms with E-state index in [-0.39, 0.29) is 18.7 Å². The van der Waals surface area contributed by atoms with Gasteiger partial charge in [-0.3, -0.25) is 8.77 Å². The molecule has 0 aliphatic heterocycles. The topological polar surface area (TPSA) is 52.6 Å². The summed E-state index contributed by atoms with van der Waals surface area (Å²) in [6, 6.07) is 7.32. The van der Waals surface area contributed by atoms with Gasteiger partial charge in [-0.2, -0.15) is 0 Å².